The van der Waals surface area contributed by atoms with Gasteiger partial charge in [0, 0.05) is 0 Å². The summed E-state index contributed by atoms with van der Waals surface area (Å²) in [6, 6.07) is 3.09. The number of aldehydes is 1. The molecule has 0 N–H and O–H groups in total. The Bertz CT molecular complexity index is 411. The van der Waals surface area contributed by atoms with Gasteiger partial charge in [-0.3, -0.25) is 4.79 Å². The van der Waals surface area contributed by atoms with E-state index in [0.717, 1.165) is 0 Å². The molecule has 0 fully saturated rings. The molecule has 1 rings (SSSR count). The highest BCUT2D eigenvalue weighted by Crippen LogP contribution is 2.29. The van der Waals surface area contributed by atoms with Crippen LogP contribution < -0.4 is 9.47 Å². The lowest BCUT2D eigenvalue weighted by Crippen LogP contribution is -2.09. The second-order valence-electron chi connectivity index (χ2n) is 2.87. The van der Waals surface area contributed by atoms with Gasteiger partial charge in [0.15, 0.2) is 6.29 Å². The summed E-state index contributed by atoms with van der Waals surface area (Å²) in [6.07, 6.45) is 0.535. The summed E-state index contributed by atoms with van der Waals surface area (Å²) in [6.45, 7) is 0. The van der Waals surface area contributed by atoms with Gasteiger partial charge in [0.2, 0.25) is 0 Å². The molecule has 16 heavy (non-hydrogen) atoms. The van der Waals surface area contributed by atoms with Gasteiger partial charge >= 0.3 is 5.97 Å². The van der Waals surface area contributed by atoms with Crippen molar-refractivity contribution in [2.75, 3.05) is 21.3 Å². The van der Waals surface area contributed by atoms with Gasteiger partial charge in [-0.25, -0.2) is 4.79 Å². The van der Waals surface area contributed by atoms with E-state index in [9.17, 15) is 9.59 Å². The van der Waals surface area contributed by atoms with Crippen LogP contribution in [0.3, 0.4) is 0 Å². The maximum absolute atomic E-state index is 11.5. The van der Waals surface area contributed by atoms with Crippen molar-refractivity contribution < 1.29 is 23.8 Å². The fraction of sp³-hybridized carbons (Fsp3) is 0.273. The molecule has 0 spiro atoms. The summed E-state index contributed by atoms with van der Waals surface area (Å²) in [5.74, 6) is -0.0659. The van der Waals surface area contributed by atoms with Crippen LogP contribution in [0.4, 0.5) is 0 Å². The molecular weight excluding hydrogens is 212 g/mol. The van der Waals surface area contributed by atoms with E-state index in [1.165, 1.54) is 27.4 Å². The molecule has 0 atom stereocenters. The average Bonchev–Trinajstić information content (AvgIpc) is 2.35. The van der Waals surface area contributed by atoms with Crippen LogP contribution in [0.25, 0.3) is 0 Å². The standard InChI is InChI=1S/C11H12O5/c1-14-8-4-5-9(15-2)10(7(8)6-12)11(13)16-3/h4-6H,1-3H3. The molecule has 0 saturated heterocycles. The van der Waals surface area contributed by atoms with Crippen LogP contribution in [0, 0.1) is 0 Å². The highest BCUT2D eigenvalue weighted by molar-refractivity contribution is 6.02. The van der Waals surface area contributed by atoms with E-state index in [-0.39, 0.29) is 16.9 Å². The van der Waals surface area contributed by atoms with Crippen LogP contribution in [0.2, 0.25) is 0 Å². The lowest BCUT2D eigenvalue weighted by molar-refractivity contribution is 0.0594. The largest absolute Gasteiger partial charge is 0.496 e. The maximum Gasteiger partial charge on any atom is 0.342 e. The molecule has 5 nitrogen and oxygen atoms in total. The van der Waals surface area contributed by atoms with Crippen molar-refractivity contribution in [3.8, 4) is 11.5 Å². The van der Waals surface area contributed by atoms with Gasteiger partial charge in [-0.2, -0.15) is 0 Å². The summed E-state index contributed by atoms with van der Waals surface area (Å²) in [4.78, 5) is 22.5. The van der Waals surface area contributed by atoms with Gasteiger partial charge in [0.25, 0.3) is 0 Å². The highest BCUT2D eigenvalue weighted by atomic mass is 16.5. The molecule has 0 radical (unpaired) electrons. The molecule has 0 aliphatic rings. The molecule has 0 aliphatic heterocycles. The van der Waals surface area contributed by atoms with Gasteiger partial charge in [-0.15, -0.1) is 0 Å². The number of hydrogen-bond donors (Lipinski definition) is 0. The van der Waals surface area contributed by atoms with E-state index in [1.807, 2.05) is 0 Å². The van der Waals surface area contributed by atoms with Crippen LogP contribution in [0.5, 0.6) is 11.5 Å². The van der Waals surface area contributed by atoms with Crippen molar-refractivity contribution in [1.82, 2.24) is 0 Å². The second kappa shape index (κ2) is 5.16. The molecule has 0 aliphatic carbocycles. The fourth-order valence-corrected chi connectivity index (χ4v) is 1.36. The zero-order valence-electron chi connectivity index (χ0n) is 9.27. The first-order chi connectivity index (χ1) is 7.69. The van der Waals surface area contributed by atoms with Crippen molar-refractivity contribution in [2.24, 2.45) is 0 Å². The SMILES string of the molecule is COC(=O)c1c(OC)ccc(OC)c1C=O. The zero-order chi connectivity index (χ0) is 12.1. The van der Waals surface area contributed by atoms with E-state index in [4.69, 9.17) is 9.47 Å². The summed E-state index contributed by atoms with van der Waals surface area (Å²) in [7, 11) is 4.05. The number of rotatable bonds is 4. The summed E-state index contributed by atoms with van der Waals surface area (Å²) < 4.78 is 14.6. The first-order valence-electron chi connectivity index (χ1n) is 4.48. The third-order valence-corrected chi connectivity index (χ3v) is 2.11. The minimum atomic E-state index is -0.641. The third-order valence-electron chi connectivity index (χ3n) is 2.11. The lowest BCUT2D eigenvalue weighted by Gasteiger charge is -2.11. The Labute approximate surface area is 92.9 Å². The molecule has 0 aromatic heterocycles. The van der Waals surface area contributed by atoms with Crippen molar-refractivity contribution in [1.29, 1.82) is 0 Å². The molecule has 5 heteroatoms. The molecule has 0 amide bonds. The normalized spacial score (nSPS) is 9.44. The van der Waals surface area contributed by atoms with Crippen LogP contribution in [-0.4, -0.2) is 33.6 Å². The molecule has 1 aromatic rings. The van der Waals surface area contributed by atoms with Crippen molar-refractivity contribution in [3.05, 3.63) is 23.3 Å². The maximum atomic E-state index is 11.5. The van der Waals surface area contributed by atoms with E-state index in [1.54, 1.807) is 6.07 Å². The van der Waals surface area contributed by atoms with E-state index < -0.39 is 5.97 Å². The molecule has 0 heterocycles. The number of ether oxygens (including phenoxy) is 3. The quantitative estimate of drug-likeness (QED) is 0.570. The van der Waals surface area contributed by atoms with E-state index in [0.29, 0.717) is 12.0 Å². The number of methoxy groups -OCH3 is 3. The fourth-order valence-electron chi connectivity index (χ4n) is 1.36. The second-order valence-corrected chi connectivity index (χ2v) is 2.87. The monoisotopic (exact) mass is 224 g/mol. The van der Waals surface area contributed by atoms with E-state index >= 15 is 0 Å². The summed E-state index contributed by atoms with van der Waals surface area (Å²) in [5.41, 5.74) is 0.188. The molecule has 0 bridgehead atoms. The van der Waals surface area contributed by atoms with Gasteiger partial charge in [0.1, 0.15) is 17.1 Å². The molecule has 86 valence electrons. The minimum absolute atomic E-state index is 0.0688. The lowest BCUT2D eigenvalue weighted by atomic mass is 10.1. The number of carbonyl (C=O) groups is 2. The number of carbonyl (C=O) groups excluding carboxylic acids is 2. The van der Waals surface area contributed by atoms with Crippen LogP contribution in [0.1, 0.15) is 20.7 Å². The van der Waals surface area contributed by atoms with Crippen LogP contribution in [0.15, 0.2) is 12.1 Å². The summed E-state index contributed by atoms with van der Waals surface area (Å²) >= 11 is 0. The predicted molar refractivity (Wildman–Crippen MR) is 56.3 cm³/mol. The Morgan fingerprint density at radius 3 is 2.12 bits per heavy atom. The predicted octanol–water partition coefficient (Wildman–Crippen LogP) is 1.30. The van der Waals surface area contributed by atoms with Crippen molar-refractivity contribution >= 4 is 12.3 Å². The number of benzene rings is 1. The Balaban J connectivity index is 3.48. The smallest absolute Gasteiger partial charge is 0.342 e. The zero-order valence-corrected chi connectivity index (χ0v) is 9.27. The molecule has 0 saturated carbocycles. The minimum Gasteiger partial charge on any atom is -0.496 e. The first-order valence-corrected chi connectivity index (χ1v) is 4.48. The molecular formula is C11H12O5. The van der Waals surface area contributed by atoms with E-state index in [2.05, 4.69) is 4.74 Å². The molecule has 1 aromatic carbocycles. The number of hydrogen-bond acceptors (Lipinski definition) is 5. The highest BCUT2D eigenvalue weighted by Gasteiger charge is 2.21. The Hall–Kier alpha value is -2.04. The Morgan fingerprint density at radius 2 is 1.69 bits per heavy atom. The van der Waals surface area contributed by atoms with Crippen LogP contribution in [-0.2, 0) is 4.74 Å². The van der Waals surface area contributed by atoms with Gasteiger partial charge in [-0.05, 0) is 12.1 Å². The van der Waals surface area contributed by atoms with Gasteiger partial charge in [0.05, 0.1) is 26.9 Å². The topological polar surface area (TPSA) is 61.8 Å². The van der Waals surface area contributed by atoms with Crippen molar-refractivity contribution in [2.45, 2.75) is 0 Å². The molecule has 0 unspecified atom stereocenters. The first kappa shape index (κ1) is 12.0. The van der Waals surface area contributed by atoms with Crippen LogP contribution >= 0.6 is 0 Å². The van der Waals surface area contributed by atoms with Crippen molar-refractivity contribution in [3.63, 3.8) is 0 Å². The van der Waals surface area contributed by atoms with Gasteiger partial charge in [-0.1, -0.05) is 0 Å². The average molecular weight is 224 g/mol. The van der Waals surface area contributed by atoms with Gasteiger partial charge < -0.3 is 14.2 Å². The Morgan fingerprint density at radius 1 is 1.12 bits per heavy atom. The Kier molecular flexibility index (Phi) is 3.88. The summed E-state index contributed by atoms with van der Waals surface area (Å²) in [5, 5.41) is 0. The third kappa shape index (κ3) is 1.98. The number of esters is 1.